The molecule has 0 bridgehead atoms. The third-order valence-corrected chi connectivity index (χ3v) is 4.02. The monoisotopic (exact) mass is 413 g/mol. The summed E-state index contributed by atoms with van der Waals surface area (Å²) in [4.78, 5) is 37.1. The summed E-state index contributed by atoms with van der Waals surface area (Å²) < 4.78 is 10.0. The van der Waals surface area contributed by atoms with Gasteiger partial charge in [-0.2, -0.15) is 0 Å². The molecule has 2 aromatic rings. The van der Waals surface area contributed by atoms with Crippen LogP contribution in [0.25, 0.3) is 0 Å². The number of nitrogens with zero attached hydrogens (tertiary/aromatic N) is 1. The number of ether oxygens (including phenoxy) is 1. The zero-order valence-electron chi connectivity index (χ0n) is 14.3. The van der Waals surface area contributed by atoms with Gasteiger partial charge >= 0.3 is 5.97 Å². The first-order chi connectivity index (χ1) is 12.8. The molecule has 2 rings (SSSR count). The molecular weight excluding hydrogens is 397 g/mol. The van der Waals surface area contributed by atoms with E-state index < -0.39 is 18.5 Å². The molecule has 1 heterocycles. The first-order valence-electron chi connectivity index (χ1n) is 7.72. The molecule has 3 N–H and O–H groups in total. The molecule has 1 aromatic carbocycles. The highest BCUT2D eigenvalue weighted by molar-refractivity contribution is 6.37. The summed E-state index contributed by atoms with van der Waals surface area (Å²) in [5, 5.41) is 2.91. The van der Waals surface area contributed by atoms with Crippen molar-refractivity contribution < 1.29 is 23.5 Å². The van der Waals surface area contributed by atoms with E-state index in [0.717, 1.165) is 4.90 Å². The molecule has 0 saturated heterocycles. The van der Waals surface area contributed by atoms with Gasteiger partial charge in [0.05, 0.1) is 35.6 Å². The maximum atomic E-state index is 12.1. The van der Waals surface area contributed by atoms with E-state index in [1.54, 1.807) is 12.1 Å². The second-order valence-corrected chi connectivity index (χ2v) is 6.37. The van der Waals surface area contributed by atoms with E-state index in [9.17, 15) is 14.4 Å². The minimum atomic E-state index is -0.846. The van der Waals surface area contributed by atoms with Gasteiger partial charge in [-0.1, -0.05) is 23.2 Å². The van der Waals surface area contributed by atoms with Crippen molar-refractivity contribution in [2.75, 3.05) is 25.9 Å². The Labute approximate surface area is 165 Å². The molecule has 0 radical (unpaired) electrons. The van der Waals surface area contributed by atoms with Crippen LogP contribution in [0.1, 0.15) is 16.1 Å². The molecule has 0 aliphatic heterocycles. The van der Waals surface area contributed by atoms with Crippen molar-refractivity contribution in [3.05, 3.63) is 51.9 Å². The molecule has 0 atom stereocenters. The quantitative estimate of drug-likeness (QED) is 0.530. The SMILES string of the molecule is CN(CC(=O)NCc1ccco1)C(=O)COC(=O)c1cc(Cl)cc(Cl)c1N. The lowest BCUT2D eigenvalue weighted by Crippen LogP contribution is -2.39. The predicted octanol–water partition coefficient (Wildman–Crippen LogP) is 2.10. The smallest absolute Gasteiger partial charge is 0.340 e. The molecule has 2 amide bonds. The largest absolute Gasteiger partial charge is 0.467 e. The van der Waals surface area contributed by atoms with E-state index >= 15 is 0 Å². The summed E-state index contributed by atoms with van der Waals surface area (Å²) in [6, 6.07) is 6.09. The Morgan fingerprint density at radius 2 is 2.04 bits per heavy atom. The maximum Gasteiger partial charge on any atom is 0.340 e. The van der Waals surface area contributed by atoms with Crippen molar-refractivity contribution in [3.63, 3.8) is 0 Å². The topological polar surface area (TPSA) is 115 Å². The van der Waals surface area contributed by atoms with E-state index in [1.807, 2.05) is 0 Å². The molecule has 8 nitrogen and oxygen atoms in total. The van der Waals surface area contributed by atoms with Crippen LogP contribution in [0.5, 0.6) is 0 Å². The van der Waals surface area contributed by atoms with Crippen LogP contribution in [-0.2, 0) is 20.9 Å². The number of anilines is 1. The second-order valence-electron chi connectivity index (χ2n) is 5.53. The number of nitrogen functional groups attached to an aromatic ring is 1. The number of benzene rings is 1. The number of esters is 1. The Kier molecular flexibility index (Phi) is 7.09. The Morgan fingerprint density at radius 1 is 1.30 bits per heavy atom. The third-order valence-electron chi connectivity index (χ3n) is 3.49. The Balaban J connectivity index is 1.82. The van der Waals surface area contributed by atoms with Crippen LogP contribution >= 0.6 is 23.2 Å². The third kappa shape index (κ3) is 5.90. The van der Waals surface area contributed by atoms with Crippen molar-refractivity contribution in [3.8, 4) is 0 Å². The summed E-state index contributed by atoms with van der Waals surface area (Å²) in [6.07, 6.45) is 1.49. The Hall–Kier alpha value is -2.71. The number of carbonyl (C=O) groups excluding carboxylic acids is 3. The molecule has 0 aliphatic rings. The average molecular weight is 414 g/mol. The molecule has 144 valence electrons. The van der Waals surface area contributed by atoms with E-state index in [2.05, 4.69) is 5.32 Å². The number of hydrogen-bond donors (Lipinski definition) is 2. The highest BCUT2D eigenvalue weighted by Gasteiger charge is 2.19. The van der Waals surface area contributed by atoms with Gasteiger partial charge in [0.1, 0.15) is 5.76 Å². The van der Waals surface area contributed by atoms with Gasteiger partial charge < -0.3 is 25.1 Å². The van der Waals surface area contributed by atoms with Gasteiger partial charge in [0.15, 0.2) is 6.61 Å². The lowest BCUT2D eigenvalue weighted by molar-refractivity contribution is -0.137. The summed E-state index contributed by atoms with van der Waals surface area (Å²) >= 11 is 11.7. The predicted molar refractivity (Wildman–Crippen MR) is 99.3 cm³/mol. The number of halogens is 2. The summed E-state index contributed by atoms with van der Waals surface area (Å²) in [5.74, 6) is -1.22. The molecular formula is C17H17Cl2N3O5. The number of nitrogens with two attached hydrogens (primary N) is 1. The van der Waals surface area contributed by atoms with Crippen LogP contribution in [0.15, 0.2) is 34.9 Å². The number of rotatable bonds is 7. The zero-order valence-corrected chi connectivity index (χ0v) is 15.8. The van der Waals surface area contributed by atoms with Gasteiger partial charge in [-0.15, -0.1) is 0 Å². The van der Waals surface area contributed by atoms with Gasteiger partial charge in [-0.05, 0) is 24.3 Å². The Morgan fingerprint density at radius 3 is 2.70 bits per heavy atom. The highest BCUT2D eigenvalue weighted by atomic mass is 35.5. The van der Waals surface area contributed by atoms with E-state index in [4.69, 9.17) is 38.1 Å². The van der Waals surface area contributed by atoms with Crippen molar-refractivity contribution in [2.24, 2.45) is 0 Å². The van der Waals surface area contributed by atoms with Gasteiger partial charge in [-0.25, -0.2) is 4.79 Å². The first kappa shape index (κ1) is 20.6. The van der Waals surface area contributed by atoms with Crippen molar-refractivity contribution in [1.82, 2.24) is 10.2 Å². The first-order valence-corrected chi connectivity index (χ1v) is 8.48. The highest BCUT2D eigenvalue weighted by Crippen LogP contribution is 2.28. The summed E-state index contributed by atoms with van der Waals surface area (Å²) in [5.41, 5.74) is 5.67. The summed E-state index contributed by atoms with van der Waals surface area (Å²) in [6.45, 7) is -0.565. The van der Waals surface area contributed by atoms with Gasteiger partial charge in [-0.3, -0.25) is 9.59 Å². The lowest BCUT2D eigenvalue weighted by atomic mass is 10.2. The number of likely N-dealkylation sites (N-methyl/N-ethyl adjacent to an activating group) is 1. The van der Waals surface area contributed by atoms with Crippen molar-refractivity contribution in [1.29, 1.82) is 0 Å². The molecule has 0 fully saturated rings. The van der Waals surface area contributed by atoms with Crippen molar-refractivity contribution in [2.45, 2.75) is 6.54 Å². The normalized spacial score (nSPS) is 10.3. The molecule has 0 unspecified atom stereocenters. The maximum absolute atomic E-state index is 12.1. The standard InChI is InChI=1S/C17H17Cl2N3O5/c1-22(8-14(23)21-7-11-3-2-4-26-11)15(24)9-27-17(25)12-5-10(18)6-13(19)16(12)20/h2-6H,7-9,20H2,1H3,(H,21,23). The fourth-order valence-electron chi connectivity index (χ4n) is 2.03. The minimum absolute atomic E-state index is 0.00386. The van der Waals surface area contributed by atoms with E-state index in [0.29, 0.717) is 5.76 Å². The summed E-state index contributed by atoms with van der Waals surface area (Å²) in [7, 11) is 1.41. The molecule has 0 saturated carbocycles. The van der Waals surface area contributed by atoms with Gasteiger partial charge in [0.25, 0.3) is 5.91 Å². The van der Waals surface area contributed by atoms with Gasteiger partial charge in [0.2, 0.25) is 5.91 Å². The van der Waals surface area contributed by atoms with E-state index in [-0.39, 0.29) is 40.3 Å². The zero-order chi connectivity index (χ0) is 20.0. The van der Waals surface area contributed by atoms with Crippen LogP contribution in [0.3, 0.4) is 0 Å². The average Bonchev–Trinajstić information content (AvgIpc) is 3.14. The lowest BCUT2D eigenvalue weighted by Gasteiger charge is -2.17. The molecule has 0 spiro atoms. The molecule has 27 heavy (non-hydrogen) atoms. The van der Waals surface area contributed by atoms with Crippen molar-refractivity contribution >= 4 is 46.7 Å². The number of amides is 2. The van der Waals surface area contributed by atoms with Crippen LogP contribution < -0.4 is 11.1 Å². The molecule has 0 aliphatic carbocycles. The van der Waals surface area contributed by atoms with E-state index in [1.165, 1.54) is 25.4 Å². The minimum Gasteiger partial charge on any atom is -0.467 e. The fraction of sp³-hybridized carbons (Fsp3) is 0.235. The Bertz CT molecular complexity index is 839. The van der Waals surface area contributed by atoms with Crippen LogP contribution in [0.4, 0.5) is 5.69 Å². The van der Waals surface area contributed by atoms with Crippen LogP contribution in [0, 0.1) is 0 Å². The van der Waals surface area contributed by atoms with Crippen LogP contribution in [-0.4, -0.2) is 42.9 Å². The number of carbonyl (C=O) groups is 3. The second kappa shape index (κ2) is 9.29. The number of hydrogen-bond acceptors (Lipinski definition) is 6. The van der Waals surface area contributed by atoms with Gasteiger partial charge in [0, 0.05) is 12.1 Å². The molecule has 10 heteroatoms. The molecule has 1 aromatic heterocycles. The van der Waals surface area contributed by atoms with Crippen LogP contribution in [0.2, 0.25) is 10.0 Å². The fourth-order valence-corrected chi connectivity index (χ4v) is 2.52. The number of furan rings is 1. The number of nitrogens with one attached hydrogen (secondary N) is 1.